The summed E-state index contributed by atoms with van der Waals surface area (Å²) >= 11 is 32.8. The van der Waals surface area contributed by atoms with Crippen LogP contribution in [0.3, 0.4) is 0 Å². The SMILES string of the molecule is CC(C(=O)c1cccc(Cl)c1)N(C(=O)OCOC(=O)c1cc(S(N)(=O)=O)c(Cl)cc1NCc1ccco1)C(C)(C)C.CC(NC(C)(C)C)C(=O)c1cccc(Cl)c1.CCSC(=O)OCI.CCSC(=O)OCOC(=O)C1=CC=C1.Cl.NS(=O)(=O)c1cc(C(=O)O)c(NCc2ccco2)cc1Cl.O=C(Cl)OCOC(=O)C1=CC=C1. The minimum absolute atomic E-state index is 0. The number of aromatic carboxylic acids is 1. The van der Waals surface area contributed by atoms with Gasteiger partial charge in [-0.05, 0) is 199 Å². The molecule has 4 aromatic carbocycles. The lowest BCUT2D eigenvalue weighted by Crippen LogP contribution is -2.53. The zero-order valence-corrected chi connectivity index (χ0v) is 71.9. The van der Waals surface area contributed by atoms with E-state index in [-0.39, 0.29) is 93.3 Å². The number of esters is 3. The maximum atomic E-state index is 13.1. The number of primary sulfonamides is 2. The summed E-state index contributed by atoms with van der Waals surface area (Å²) in [5.74, 6) is -1.12. The topological polar surface area (TPSA) is 441 Å². The molecule has 6 aromatic rings. The number of hydrogen-bond donors (Lipinski definition) is 6. The minimum Gasteiger partial charge on any atom is -0.478 e. The molecule has 2 aliphatic rings. The Labute approximate surface area is 705 Å². The molecular weight excluding hydrogens is 1800 g/mol. The lowest BCUT2D eigenvalue weighted by molar-refractivity contribution is -0.147. The molecule has 0 aliphatic heterocycles. The Kier molecular flexibility index (Phi) is 44.3. The van der Waals surface area contributed by atoms with Gasteiger partial charge in [-0.3, -0.25) is 14.5 Å². The fraction of sp³-hybridized carbons (Fsp3) is 0.306. The summed E-state index contributed by atoms with van der Waals surface area (Å²) in [4.78, 5) is 116. The molecule has 41 heteroatoms. The fourth-order valence-corrected chi connectivity index (χ4v) is 12.6. The molecular formula is C72H81Cl6IN6O24S4. The molecule has 113 heavy (non-hydrogen) atoms. The summed E-state index contributed by atoms with van der Waals surface area (Å²) in [5.41, 5.74) is -0.257. The van der Waals surface area contributed by atoms with Crippen LogP contribution >= 0.6 is 117 Å². The predicted molar refractivity (Wildman–Crippen MR) is 440 cm³/mol. The molecule has 2 heterocycles. The van der Waals surface area contributed by atoms with E-state index in [1.807, 2.05) is 64.1 Å². The van der Waals surface area contributed by atoms with Crippen LogP contribution in [0.25, 0.3) is 0 Å². The number of nitrogens with one attached hydrogen (secondary N) is 3. The second-order valence-electron chi connectivity index (χ2n) is 24.2. The first-order chi connectivity index (χ1) is 52.4. The molecule has 2 unspecified atom stereocenters. The fourth-order valence-electron chi connectivity index (χ4n) is 8.72. The van der Waals surface area contributed by atoms with Crippen molar-refractivity contribution in [2.24, 2.45) is 10.3 Å². The molecule has 0 saturated carbocycles. The number of thioether (sulfide) groups is 2. The van der Waals surface area contributed by atoms with Gasteiger partial charge in [0.15, 0.2) is 11.6 Å². The van der Waals surface area contributed by atoms with E-state index in [0.29, 0.717) is 54.2 Å². The van der Waals surface area contributed by atoms with Crippen molar-refractivity contribution < 1.29 is 112 Å². The minimum atomic E-state index is -4.29. The zero-order chi connectivity index (χ0) is 84.3. The number of alkyl halides is 1. The summed E-state index contributed by atoms with van der Waals surface area (Å²) in [6.07, 6.45) is 11.9. The highest BCUT2D eigenvalue weighted by Gasteiger charge is 2.37. The van der Waals surface area contributed by atoms with Gasteiger partial charge in [0, 0.05) is 55.4 Å². The Morgan fingerprint density at radius 2 is 0.991 bits per heavy atom. The number of nitrogens with two attached hydrogens (primary N) is 2. The van der Waals surface area contributed by atoms with E-state index < -0.39 is 95.7 Å². The van der Waals surface area contributed by atoms with Gasteiger partial charge in [0.2, 0.25) is 40.4 Å². The van der Waals surface area contributed by atoms with E-state index in [2.05, 4.69) is 39.6 Å². The van der Waals surface area contributed by atoms with Gasteiger partial charge in [0.05, 0.1) is 81.4 Å². The normalized spacial score (nSPS) is 12.1. The quantitative estimate of drug-likeness (QED) is 0.00530. The molecule has 616 valence electrons. The van der Waals surface area contributed by atoms with E-state index in [1.54, 1.807) is 131 Å². The summed E-state index contributed by atoms with van der Waals surface area (Å²) in [7, 11) is -8.39. The number of amides is 1. The van der Waals surface area contributed by atoms with Gasteiger partial charge in [-0.2, -0.15) is 0 Å². The van der Waals surface area contributed by atoms with Gasteiger partial charge in [0.1, 0.15) is 25.9 Å². The van der Waals surface area contributed by atoms with Crippen LogP contribution in [0.2, 0.25) is 20.1 Å². The summed E-state index contributed by atoms with van der Waals surface area (Å²) < 4.78 is 90.3. The van der Waals surface area contributed by atoms with Gasteiger partial charge in [0.25, 0.3) is 0 Å². The first-order valence-electron chi connectivity index (χ1n) is 32.5. The average Bonchev–Trinajstić information content (AvgIpc) is 1.55. The van der Waals surface area contributed by atoms with Crippen molar-refractivity contribution in [2.75, 3.05) is 47.1 Å². The van der Waals surface area contributed by atoms with Crippen molar-refractivity contribution >= 4 is 206 Å². The molecule has 30 nitrogen and oxygen atoms in total. The van der Waals surface area contributed by atoms with E-state index in [4.69, 9.17) is 91.7 Å². The Balaban J connectivity index is 0.000000505. The van der Waals surface area contributed by atoms with E-state index in [0.717, 1.165) is 29.6 Å². The number of rotatable bonds is 27. The Morgan fingerprint density at radius 1 is 0.575 bits per heavy atom. The highest BCUT2D eigenvalue weighted by Crippen LogP contribution is 2.32. The lowest BCUT2D eigenvalue weighted by atomic mass is 9.98. The summed E-state index contributed by atoms with van der Waals surface area (Å²) in [6.45, 7) is 17.1. The van der Waals surface area contributed by atoms with Crippen LogP contribution in [0, 0.1) is 0 Å². The number of carbonyl (C=O) groups is 10. The number of hydrogen-bond acceptors (Lipinski definition) is 28. The number of halogens is 7. The van der Waals surface area contributed by atoms with Gasteiger partial charge in [-0.1, -0.05) is 96.7 Å². The Bertz CT molecular complexity index is 4630. The van der Waals surface area contributed by atoms with Gasteiger partial charge >= 0.3 is 46.0 Å². The van der Waals surface area contributed by atoms with Crippen LogP contribution < -0.4 is 26.2 Å². The number of furan rings is 2. The first-order valence-corrected chi connectivity index (χ1v) is 41.0. The maximum absolute atomic E-state index is 13.1. The van der Waals surface area contributed by atoms with Crippen LogP contribution in [-0.4, -0.2) is 144 Å². The van der Waals surface area contributed by atoms with Crippen molar-refractivity contribution in [3.05, 3.63) is 211 Å². The van der Waals surface area contributed by atoms with Crippen LogP contribution in [-0.2, 0) is 75.9 Å². The largest absolute Gasteiger partial charge is 0.478 e. The summed E-state index contributed by atoms with van der Waals surface area (Å²) in [5, 5.41) is 28.3. The molecule has 0 saturated heterocycles. The molecule has 1 amide bonds. The van der Waals surface area contributed by atoms with Crippen molar-refractivity contribution in [1.29, 1.82) is 0 Å². The molecule has 2 aliphatic carbocycles. The third-order valence-corrected chi connectivity index (χ3v) is 18.5. The molecule has 0 bridgehead atoms. The molecule has 0 radical (unpaired) electrons. The average molecular weight is 1880 g/mol. The number of ether oxygens (including phenoxy) is 7. The van der Waals surface area contributed by atoms with Crippen molar-refractivity contribution in [3.63, 3.8) is 0 Å². The van der Waals surface area contributed by atoms with E-state index >= 15 is 0 Å². The van der Waals surface area contributed by atoms with Gasteiger partial charge in [-0.25, -0.2) is 65.5 Å². The van der Waals surface area contributed by atoms with Gasteiger partial charge in [-0.15, -0.1) is 12.4 Å². The Morgan fingerprint density at radius 3 is 1.36 bits per heavy atom. The molecule has 8 N–H and O–H groups in total. The first kappa shape index (κ1) is 101. The predicted octanol–water partition coefficient (Wildman–Crippen LogP) is 16.6. The van der Waals surface area contributed by atoms with Crippen molar-refractivity contribution in [3.8, 4) is 0 Å². The maximum Gasteiger partial charge on any atom is 0.413 e. The second kappa shape index (κ2) is 49.6. The number of carboxylic acid groups (broad SMARTS) is 1. The monoisotopic (exact) mass is 1880 g/mol. The molecule has 0 fully saturated rings. The third-order valence-electron chi connectivity index (χ3n) is 13.6. The smallest absolute Gasteiger partial charge is 0.413 e. The Hall–Kier alpha value is -8.15. The number of allylic oxidation sites excluding steroid dienone is 4. The summed E-state index contributed by atoms with van der Waals surface area (Å²) in [6, 6.07) is 23.2. The van der Waals surface area contributed by atoms with Gasteiger partial charge < -0.3 is 63.0 Å². The number of anilines is 2. The number of benzene rings is 4. The van der Waals surface area contributed by atoms with E-state index in [1.165, 1.54) is 47.4 Å². The molecule has 2 aromatic heterocycles. The molecule has 8 rings (SSSR count). The highest BCUT2D eigenvalue weighted by molar-refractivity contribution is 14.1. The number of carbonyl (C=O) groups excluding carboxylic acids is 9. The molecule has 2 atom stereocenters. The van der Waals surface area contributed by atoms with Crippen molar-refractivity contribution in [2.45, 2.75) is 115 Å². The van der Waals surface area contributed by atoms with Crippen LogP contribution in [0.15, 0.2) is 176 Å². The van der Waals surface area contributed by atoms with Crippen LogP contribution in [0.1, 0.15) is 122 Å². The second-order valence-corrected chi connectivity index (χ2v) is 32.2. The third kappa shape index (κ3) is 37.3. The van der Waals surface area contributed by atoms with Crippen LogP contribution in [0.5, 0.6) is 0 Å². The van der Waals surface area contributed by atoms with E-state index in [9.17, 15) is 64.8 Å². The standard InChI is InChI=1S/C27H29Cl2N3O8S.C13H18ClNO.C12H11ClN2O5S.C9H10O4S.C7H5ClO4.C4H7IO2S.ClH/c1-16(24(33)17-7-5-8-18(28)11-17)32(27(2,3)4)26(35)40-15-39-25(34)20-12-23(41(30,36)37)21(29)13-22(20)31-14-19-9-6-10-38-19;1-9(15-13(2,3)4)12(16)10-6-5-7-11(14)8-10;13-9-5-10(15-6-7-2-1-3-20-7)8(12(16)17)4-11(9)21(14,18)19;1-2-14-9(11)13-6-12-8(10)7-4-3-5-7;8-7(10)12-4-11-6(9)5-2-1-3-5;1-2-8-4(6)7-3-5;/h5-13,16,31H,14-15H2,1-4H3,(H2,30,36,37);5-9,15H,1-4H3;1-5,15H,6H2,(H,16,17)(H2,14,18,19);3-5H,2,6H2,1H3;1-3H,4H2;2-3H2,1H3;1H. The number of Topliss-reactive ketones (excluding diaryl/α,β-unsaturated/α-hetero) is 2. The molecule has 0 spiro atoms. The van der Waals surface area contributed by atoms with Crippen LogP contribution in [0.4, 0.5) is 30.6 Å². The number of ketones is 2. The number of nitrogens with zero attached hydrogens (tertiary/aromatic N) is 1. The van der Waals surface area contributed by atoms with Crippen molar-refractivity contribution in [1.82, 2.24) is 10.2 Å². The zero-order valence-electron chi connectivity index (χ0n) is 61.9. The number of sulfonamides is 2. The lowest BCUT2D eigenvalue weighted by Gasteiger charge is -2.38. The highest BCUT2D eigenvalue weighted by atomic mass is 127. The number of carboxylic acids is 1.